The largest absolute Gasteiger partial charge is 0.494 e. The smallest absolute Gasteiger partial charge is 0.343 e. The molecule has 2 amide bonds. The Labute approximate surface area is 198 Å². The van der Waals surface area contributed by atoms with E-state index < -0.39 is 5.97 Å². The lowest BCUT2D eigenvalue weighted by Crippen LogP contribution is -2.40. The molecule has 6 nitrogen and oxygen atoms in total. The Hall–Kier alpha value is -3.41. The van der Waals surface area contributed by atoms with Crippen LogP contribution in [0.5, 0.6) is 11.5 Å². The molecule has 0 radical (unpaired) electrons. The van der Waals surface area contributed by atoms with Crippen molar-refractivity contribution in [3.05, 3.63) is 66.2 Å². The molecule has 2 aromatic carbocycles. The van der Waals surface area contributed by atoms with Crippen LogP contribution in [0.4, 0.5) is 5.69 Å². The number of rotatable bonds is 7. The topological polar surface area (TPSA) is 72.9 Å². The Morgan fingerprint density at radius 3 is 2.24 bits per heavy atom. The van der Waals surface area contributed by atoms with E-state index in [4.69, 9.17) is 9.47 Å². The van der Waals surface area contributed by atoms with E-state index in [1.54, 1.807) is 48.5 Å². The van der Waals surface area contributed by atoms with Gasteiger partial charge in [0.1, 0.15) is 11.5 Å². The first kappa shape index (κ1) is 21.1. The first-order valence-electron chi connectivity index (χ1n) is 12.2. The molecule has 2 bridgehead atoms. The summed E-state index contributed by atoms with van der Waals surface area (Å²) in [5.41, 5.74) is 0.729. The number of hydrogen-bond acceptors (Lipinski definition) is 5. The number of carbonyl (C=O) groups excluding carboxylic acids is 3. The van der Waals surface area contributed by atoms with Gasteiger partial charge in [0.15, 0.2) is 0 Å². The molecule has 5 aliphatic rings. The zero-order valence-electron chi connectivity index (χ0n) is 19.1. The number of hydrogen-bond donors (Lipinski definition) is 0. The van der Waals surface area contributed by atoms with Crippen LogP contribution in [0.2, 0.25) is 0 Å². The molecule has 174 valence electrons. The molecular weight excluding hydrogens is 430 g/mol. The monoisotopic (exact) mass is 457 g/mol. The number of unbranched alkanes of at least 4 members (excludes halogenated alkanes) is 1. The lowest BCUT2D eigenvalue weighted by Gasteiger charge is -2.37. The van der Waals surface area contributed by atoms with E-state index in [9.17, 15) is 14.4 Å². The maximum Gasteiger partial charge on any atom is 0.343 e. The van der Waals surface area contributed by atoms with Crippen molar-refractivity contribution < 1.29 is 23.9 Å². The molecule has 0 spiro atoms. The van der Waals surface area contributed by atoms with Crippen molar-refractivity contribution in [2.45, 2.75) is 26.2 Å². The maximum atomic E-state index is 13.3. The second-order valence-electron chi connectivity index (χ2n) is 9.78. The van der Waals surface area contributed by atoms with Crippen molar-refractivity contribution >= 4 is 23.5 Å². The van der Waals surface area contributed by atoms with Crippen LogP contribution in [0.25, 0.3) is 0 Å². The Kier molecular flexibility index (Phi) is 5.05. The van der Waals surface area contributed by atoms with Gasteiger partial charge in [0.2, 0.25) is 11.8 Å². The normalized spacial score (nSPS) is 30.2. The Bertz CT molecular complexity index is 1150. The van der Waals surface area contributed by atoms with Gasteiger partial charge in [-0.25, -0.2) is 9.69 Å². The van der Waals surface area contributed by atoms with Crippen molar-refractivity contribution in [3.8, 4) is 11.5 Å². The van der Waals surface area contributed by atoms with E-state index in [0.717, 1.165) is 25.0 Å². The first-order chi connectivity index (χ1) is 16.6. The number of carbonyl (C=O) groups is 3. The molecule has 2 saturated carbocycles. The zero-order valence-corrected chi connectivity index (χ0v) is 19.1. The molecular formula is C28H27NO5. The molecule has 6 atom stereocenters. The molecule has 34 heavy (non-hydrogen) atoms. The molecule has 2 aromatic rings. The third-order valence-electron chi connectivity index (χ3n) is 7.80. The minimum absolute atomic E-state index is 0.135. The van der Waals surface area contributed by atoms with Crippen LogP contribution in [0.15, 0.2) is 60.7 Å². The predicted octanol–water partition coefficient (Wildman–Crippen LogP) is 4.64. The average molecular weight is 458 g/mol. The van der Waals surface area contributed by atoms with Gasteiger partial charge in [0.05, 0.1) is 29.7 Å². The molecule has 1 heterocycles. The number of benzene rings is 2. The Balaban J connectivity index is 1.17. The summed E-state index contributed by atoms with van der Waals surface area (Å²) in [7, 11) is 0. The van der Waals surface area contributed by atoms with Crippen molar-refractivity contribution in [1.29, 1.82) is 0 Å². The molecule has 7 rings (SSSR count). The molecule has 1 aliphatic heterocycles. The van der Waals surface area contributed by atoms with Crippen molar-refractivity contribution in [2.75, 3.05) is 11.5 Å². The van der Waals surface area contributed by atoms with E-state index in [-0.39, 0.29) is 35.5 Å². The molecule has 4 aliphatic carbocycles. The number of allylic oxidation sites excluding steroid dienone is 2. The van der Waals surface area contributed by atoms with Crippen molar-refractivity contribution in [2.24, 2.45) is 35.5 Å². The maximum absolute atomic E-state index is 13.3. The van der Waals surface area contributed by atoms with Gasteiger partial charge in [-0.15, -0.1) is 0 Å². The lowest BCUT2D eigenvalue weighted by molar-refractivity contribution is -0.124. The SMILES string of the molecule is CCCCOc1ccc(OC(=O)c2cccc(N3C(=O)[C@H]4[C@@H]5C=C[C@@H]([C@H]6C[C@H]56)[C@@H]4C3=O)c2)cc1. The number of nitrogens with zero attached hydrogens (tertiary/aromatic N) is 1. The third kappa shape index (κ3) is 3.35. The standard InChI is InChI=1S/C28H27NO5/c1-2-3-13-33-18-7-9-19(10-8-18)34-28(32)16-5-4-6-17(14-16)29-26(30)24-20-11-12-21(23-15-22(20)23)25(24)27(29)31/h4-12,14,20-25H,2-3,13,15H2,1H3/t20-,21+,22-,23-,24+,25+/m1/s1. The first-order valence-corrected chi connectivity index (χ1v) is 12.2. The fraction of sp³-hybridized carbons (Fsp3) is 0.393. The highest BCUT2D eigenvalue weighted by atomic mass is 16.5. The summed E-state index contributed by atoms with van der Waals surface area (Å²) >= 11 is 0. The fourth-order valence-corrected chi connectivity index (χ4v) is 6.09. The molecule has 0 N–H and O–H groups in total. The van der Waals surface area contributed by atoms with Gasteiger partial charge >= 0.3 is 5.97 Å². The summed E-state index contributed by atoms with van der Waals surface area (Å²) in [5, 5.41) is 0. The van der Waals surface area contributed by atoms with Gasteiger partial charge < -0.3 is 9.47 Å². The van der Waals surface area contributed by atoms with Gasteiger partial charge in [-0.3, -0.25) is 9.59 Å². The molecule has 1 saturated heterocycles. The van der Waals surface area contributed by atoms with Crippen LogP contribution in [-0.2, 0) is 9.59 Å². The van der Waals surface area contributed by atoms with E-state index in [1.165, 1.54) is 4.90 Å². The predicted molar refractivity (Wildman–Crippen MR) is 125 cm³/mol. The summed E-state index contributed by atoms with van der Waals surface area (Å²) in [4.78, 5) is 40.8. The minimum atomic E-state index is -0.541. The molecule has 0 unspecified atom stereocenters. The number of esters is 1. The van der Waals surface area contributed by atoms with E-state index in [2.05, 4.69) is 19.1 Å². The van der Waals surface area contributed by atoms with Crippen LogP contribution >= 0.6 is 0 Å². The highest BCUT2D eigenvalue weighted by Crippen LogP contribution is 2.65. The number of imide groups is 1. The number of amides is 2. The minimum Gasteiger partial charge on any atom is -0.494 e. The van der Waals surface area contributed by atoms with Crippen molar-refractivity contribution in [1.82, 2.24) is 0 Å². The highest BCUT2D eigenvalue weighted by molar-refractivity contribution is 6.23. The second kappa shape index (κ2) is 8.12. The zero-order chi connectivity index (χ0) is 23.4. The van der Waals surface area contributed by atoms with Crippen LogP contribution in [0, 0.1) is 35.5 Å². The van der Waals surface area contributed by atoms with E-state index >= 15 is 0 Å². The van der Waals surface area contributed by atoms with Crippen LogP contribution < -0.4 is 14.4 Å². The van der Waals surface area contributed by atoms with Gasteiger partial charge in [-0.05, 0) is 79.0 Å². The summed E-state index contributed by atoms with van der Waals surface area (Å²) in [6.07, 6.45) is 7.48. The fourth-order valence-electron chi connectivity index (χ4n) is 6.09. The number of ether oxygens (including phenoxy) is 2. The molecule has 3 fully saturated rings. The van der Waals surface area contributed by atoms with E-state index in [1.807, 2.05) is 0 Å². The average Bonchev–Trinajstić information content (AvgIpc) is 3.63. The lowest BCUT2D eigenvalue weighted by atomic mass is 9.63. The van der Waals surface area contributed by atoms with Gasteiger partial charge in [-0.1, -0.05) is 31.6 Å². The molecule has 6 heteroatoms. The Morgan fingerprint density at radius 1 is 0.941 bits per heavy atom. The van der Waals surface area contributed by atoms with Gasteiger partial charge in [-0.2, -0.15) is 0 Å². The Morgan fingerprint density at radius 2 is 1.59 bits per heavy atom. The van der Waals surface area contributed by atoms with Gasteiger partial charge in [0.25, 0.3) is 0 Å². The van der Waals surface area contributed by atoms with E-state index in [0.29, 0.717) is 35.4 Å². The summed E-state index contributed by atoms with van der Waals surface area (Å²) in [6.45, 7) is 2.75. The molecule has 0 aromatic heterocycles. The number of anilines is 1. The third-order valence-corrected chi connectivity index (χ3v) is 7.80. The van der Waals surface area contributed by atoms with Crippen LogP contribution in [0.1, 0.15) is 36.5 Å². The highest BCUT2D eigenvalue weighted by Gasteiger charge is 2.67. The van der Waals surface area contributed by atoms with Gasteiger partial charge in [0, 0.05) is 0 Å². The quantitative estimate of drug-likeness (QED) is 0.199. The van der Waals surface area contributed by atoms with Crippen molar-refractivity contribution in [3.63, 3.8) is 0 Å². The van der Waals surface area contributed by atoms with Crippen LogP contribution in [0.3, 0.4) is 0 Å². The summed E-state index contributed by atoms with van der Waals surface area (Å²) in [6, 6.07) is 13.5. The summed E-state index contributed by atoms with van der Waals surface area (Å²) in [5.74, 6) is 1.24. The second-order valence-corrected chi connectivity index (χ2v) is 9.78. The summed E-state index contributed by atoms with van der Waals surface area (Å²) < 4.78 is 11.2. The van der Waals surface area contributed by atoms with Crippen LogP contribution in [-0.4, -0.2) is 24.4 Å².